The van der Waals surface area contributed by atoms with E-state index in [1.165, 1.54) is 30.2 Å². The highest BCUT2D eigenvalue weighted by molar-refractivity contribution is 6.00. The first-order chi connectivity index (χ1) is 12.1. The van der Waals surface area contributed by atoms with Gasteiger partial charge in [-0.25, -0.2) is 0 Å². The van der Waals surface area contributed by atoms with Crippen LogP contribution >= 0.6 is 0 Å². The normalized spacial score (nSPS) is 14.8. The molecule has 1 aliphatic rings. The molecule has 3 heteroatoms. The first-order valence-electron chi connectivity index (χ1n) is 8.61. The molecule has 0 bridgehead atoms. The Bertz CT molecular complexity index is 774. The molecule has 2 aromatic rings. The average molecular weight is 334 g/mol. The number of hydrogen-bond acceptors (Lipinski definition) is 3. The molecule has 3 rings (SSSR count). The maximum atomic E-state index is 12.8. The number of carbonyl (C=O) groups excluding carboxylic acids is 2. The molecule has 0 fully saturated rings. The van der Waals surface area contributed by atoms with Crippen molar-refractivity contribution in [2.75, 3.05) is 6.61 Å². The summed E-state index contributed by atoms with van der Waals surface area (Å²) in [6.07, 6.45) is 2.89. The van der Waals surface area contributed by atoms with Gasteiger partial charge < -0.3 is 4.74 Å². The molecule has 0 aromatic heterocycles. The summed E-state index contributed by atoms with van der Waals surface area (Å²) < 4.78 is 5.88. The fourth-order valence-electron chi connectivity index (χ4n) is 3.51. The Morgan fingerprint density at radius 1 is 1.04 bits per heavy atom. The zero-order chi connectivity index (χ0) is 17.8. The lowest BCUT2D eigenvalue weighted by Crippen LogP contribution is -2.33. The fraction of sp³-hybridized carbons (Fsp3) is 0.273. The minimum atomic E-state index is -0.636. The number of allylic oxidation sites excluding steroid dienone is 1. The number of hydrogen-bond donors (Lipinski definition) is 0. The molecule has 0 radical (unpaired) electrons. The van der Waals surface area contributed by atoms with E-state index in [4.69, 9.17) is 4.74 Å². The Hall–Kier alpha value is -2.52. The van der Waals surface area contributed by atoms with E-state index < -0.39 is 6.10 Å². The van der Waals surface area contributed by atoms with E-state index in [1.807, 2.05) is 31.2 Å². The second kappa shape index (κ2) is 7.58. The van der Waals surface area contributed by atoms with E-state index in [0.717, 1.165) is 17.5 Å². The van der Waals surface area contributed by atoms with Crippen LogP contribution in [-0.2, 0) is 20.7 Å². The van der Waals surface area contributed by atoms with E-state index in [-0.39, 0.29) is 17.5 Å². The zero-order valence-corrected chi connectivity index (χ0v) is 14.6. The molecule has 1 aliphatic carbocycles. The molecule has 0 saturated carbocycles. The van der Waals surface area contributed by atoms with E-state index in [1.54, 1.807) is 0 Å². The van der Waals surface area contributed by atoms with E-state index in [9.17, 15) is 9.59 Å². The minimum Gasteiger partial charge on any atom is -0.369 e. The highest BCUT2D eigenvalue weighted by atomic mass is 16.5. The number of ether oxygens (including phenoxy) is 1. The summed E-state index contributed by atoms with van der Waals surface area (Å²) >= 11 is 0. The summed E-state index contributed by atoms with van der Waals surface area (Å²) in [4.78, 5) is 24.0. The van der Waals surface area contributed by atoms with Crippen molar-refractivity contribution in [3.05, 3.63) is 82.9 Å². The van der Waals surface area contributed by atoms with E-state index in [0.29, 0.717) is 6.61 Å². The molecule has 0 aliphatic heterocycles. The number of benzene rings is 2. The second-order valence-electron chi connectivity index (χ2n) is 6.27. The lowest BCUT2D eigenvalue weighted by molar-refractivity contribution is -0.126. The number of ketones is 2. The van der Waals surface area contributed by atoms with Gasteiger partial charge in [-0.1, -0.05) is 48.5 Å². The van der Waals surface area contributed by atoms with E-state index in [2.05, 4.69) is 24.3 Å². The summed E-state index contributed by atoms with van der Waals surface area (Å²) in [5.74, 6) is -0.480. The SMILES string of the molecule is CCOC(C(=O)/C=C\C(C)=O)C1c2ccccc2Cc2ccccc21. The van der Waals surface area contributed by atoms with Gasteiger partial charge in [0.05, 0.1) is 0 Å². The van der Waals surface area contributed by atoms with Crippen molar-refractivity contribution in [3.63, 3.8) is 0 Å². The van der Waals surface area contributed by atoms with Gasteiger partial charge in [-0.3, -0.25) is 9.59 Å². The summed E-state index contributed by atoms with van der Waals surface area (Å²) in [7, 11) is 0. The summed E-state index contributed by atoms with van der Waals surface area (Å²) in [6, 6.07) is 16.4. The topological polar surface area (TPSA) is 43.4 Å². The fourth-order valence-corrected chi connectivity index (χ4v) is 3.51. The molecule has 128 valence electrons. The first kappa shape index (κ1) is 17.3. The second-order valence-corrected chi connectivity index (χ2v) is 6.27. The Morgan fingerprint density at radius 3 is 2.12 bits per heavy atom. The van der Waals surface area contributed by atoms with Gasteiger partial charge in [-0.2, -0.15) is 0 Å². The van der Waals surface area contributed by atoms with Gasteiger partial charge in [0, 0.05) is 12.5 Å². The van der Waals surface area contributed by atoms with Crippen molar-refractivity contribution in [1.29, 1.82) is 0 Å². The largest absolute Gasteiger partial charge is 0.369 e. The lowest BCUT2D eigenvalue weighted by Gasteiger charge is -2.33. The van der Waals surface area contributed by atoms with Crippen LogP contribution in [0, 0.1) is 0 Å². The minimum absolute atomic E-state index is 0.145. The Labute approximate surface area is 148 Å². The average Bonchev–Trinajstić information content (AvgIpc) is 2.62. The van der Waals surface area contributed by atoms with Gasteiger partial charge in [0.1, 0.15) is 6.10 Å². The first-order valence-corrected chi connectivity index (χ1v) is 8.61. The molecule has 25 heavy (non-hydrogen) atoms. The Balaban J connectivity index is 2.09. The number of rotatable bonds is 6. The van der Waals surface area contributed by atoms with Gasteiger partial charge in [-0.05, 0) is 54.7 Å². The highest BCUT2D eigenvalue weighted by Gasteiger charge is 2.35. The van der Waals surface area contributed by atoms with Crippen molar-refractivity contribution < 1.29 is 14.3 Å². The van der Waals surface area contributed by atoms with Gasteiger partial charge in [0.15, 0.2) is 11.6 Å². The van der Waals surface area contributed by atoms with Crippen LogP contribution in [0.3, 0.4) is 0 Å². The van der Waals surface area contributed by atoms with Gasteiger partial charge in [0.2, 0.25) is 0 Å². The summed E-state index contributed by atoms with van der Waals surface area (Å²) in [5, 5.41) is 0. The molecule has 1 atom stereocenters. The number of carbonyl (C=O) groups is 2. The molecule has 3 nitrogen and oxygen atoms in total. The molecule has 0 heterocycles. The molecule has 1 unspecified atom stereocenters. The summed E-state index contributed by atoms with van der Waals surface area (Å²) in [5.41, 5.74) is 4.70. The smallest absolute Gasteiger partial charge is 0.185 e. The molecular weight excluding hydrogens is 312 g/mol. The molecule has 0 amide bonds. The van der Waals surface area contributed by atoms with Crippen LogP contribution < -0.4 is 0 Å². The Morgan fingerprint density at radius 2 is 1.60 bits per heavy atom. The third-order valence-electron chi connectivity index (χ3n) is 4.57. The van der Waals surface area contributed by atoms with Crippen molar-refractivity contribution in [1.82, 2.24) is 0 Å². The lowest BCUT2D eigenvalue weighted by atomic mass is 9.74. The molecule has 0 N–H and O–H groups in total. The third kappa shape index (κ3) is 3.62. The molecular formula is C22H22O3. The van der Waals surface area contributed by atoms with Gasteiger partial charge in [-0.15, -0.1) is 0 Å². The van der Waals surface area contributed by atoms with Gasteiger partial charge in [0.25, 0.3) is 0 Å². The molecule has 0 saturated heterocycles. The predicted molar refractivity (Wildman–Crippen MR) is 97.8 cm³/mol. The van der Waals surface area contributed by atoms with Crippen LogP contribution in [0.15, 0.2) is 60.7 Å². The molecule has 0 spiro atoms. The maximum Gasteiger partial charge on any atom is 0.185 e. The zero-order valence-electron chi connectivity index (χ0n) is 14.6. The van der Waals surface area contributed by atoms with Crippen LogP contribution in [0.4, 0.5) is 0 Å². The van der Waals surface area contributed by atoms with Crippen molar-refractivity contribution >= 4 is 11.6 Å². The van der Waals surface area contributed by atoms with Crippen molar-refractivity contribution in [2.45, 2.75) is 32.3 Å². The van der Waals surface area contributed by atoms with E-state index >= 15 is 0 Å². The van der Waals surface area contributed by atoms with Crippen LogP contribution in [-0.4, -0.2) is 24.3 Å². The Kier molecular flexibility index (Phi) is 5.25. The van der Waals surface area contributed by atoms with Crippen LogP contribution in [0.25, 0.3) is 0 Å². The van der Waals surface area contributed by atoms with Gasteiger partial charge >= 0.3 is 0 Å². The quantitative estimate of drug-likeness (QED) is 0.754. The molecule has 2 aromatic carbocycles. The predicted octanol–water partition coefficient (Wildman–Crippen LogP) is 3.84. The third-order valence-corrected chi connectivity index (χ3v) is 4.57. The maximum absolute atomic E-state index is 12.8. The summed E-state index contributed by atoms with van der Waals surface area (Å²) in [6.45, 7) is 3.76. The van der Waals surface area contributed by atoms with Crippen LogP contribution in [0.1, 0.15) is 42.0 Å². The standard InChI is InChI=1S/C22H22O3/c1-3-25-22(20(24)13-12-15(2)23)21-18-10-6-4-8-16(18)14-17-9-5-7-11-19(17)21/h4-13,21-22H,3,14H2,1-2H3/b13-12-. The van der Waals surface area contributed by atoms with Crippen LogP contribution in [0.2, 0.25) is 0 Å². The van der Waals surface area contributed by atoms with Crippen molar-refractivity contribution in [3.8, 4) is 0 Å². The monoisotopic (exact) mass is 334 g/mol. The van der Waals surface area contributed by atoms with Crippen molar-refractivity contribution in [2.24, 2.45) is 0 Å². The highest BCUT2D eigenvalue weighted by Crippen LogP contribution is 2.39. The van der Waals surface area contributed by atoms with Crippen LogP contribution in [0.5, 0.6) is 0 Å². The number of fused-ring (bicyclic) bond motifs is 2.